The van der Waals surface area contributed by atoms with Gasteiger partial charge < -0.3 is 4.90 Å². The van der Waals surface area contributed by atoms with Crippen LogP contribution in [0.5, 0.6) is 0 Å². The molecular weight excluding hydrogens is 208 g/mol. The molecule has 0 radical (unpaired) electrons. The molecule has 1 aliphatic heterocycles. The monoisotopic (exact) mass is 218 g/mol. The smallest absolute Gasteiger partial charge is 0.249 e. The number of amides is 3. The van der Waals surface area contributed by atoms with Crippen LogP contribution in [0.1, 0.15) is 12.8 Å². The molecule has 0 unspecified atom stereocenters. The maximum Gasteiger partial charge on any atom is 0.249 e. The highest BCUT2D eigenvalue weighted by Gasteiger charge is 2.33. The molecule has 14 heavy (non-hydrogen) atoms. The number of hydrogen-bond acceptors (Lipinski definition) is 3. The molecule has 6 heteroatoms. The van der Waals surface area contributed by atoms with Crippen LogP contribution in [0, 0.1) is 0 Å². The SMILES string of the molecule is O=CNC(=O)[C@@H]1CCCN1C(=O)CCl. The van der Waals surface area contributed by atoms with Crippen LogP contribution in [0.15, 0.2) is 0 Å². The number of nitrogens with zero attached hydrogens (tertiary/aromatic N) is 1. The van der Waals surface area contributed by atoms with Crippen LogP contribution in [0.25, 0.3) is 0 Å². The summed E-state index contributed by atoms with van der Waals surface area (Å²) in [7, 11) is 0. The molecule has 0 aromatic carbocycles. The molecule has 0 bridgehead atoms. The zero-order chi connectivity index (χ0) is 10.6. The second kappa shape index (κ2) is 4.95. The highest BCUT2D eigenvalue weighted by molar-refractivity contribution is 6.27. The Hall–Kier alpha value is -1.10. The molecule has 1 saturated heterocycles. The number of halogens is 1. The maximum absolute atomic E-state index is 11.3. The fourth-order valence-electron chi connectivity index (χ4n) is 1.57. The topological polar surface area (TPSA) is 66.5 Å². The van der Waals surface area contributed by atoms with Crippen LogP contribution >= 0.6 is 11.6 Å². The number of carbonyl (C=O) groups is 3. The summed E-state index contributed by atoms with van der Waals surface area (Å²) in [6.45, 7) is 0.530. The largest absolute Gasteiger partial charge is 0.330 e. The minimum absolute atomic E-state index is 0.134. The van der Waals surface area contributed by atoms with Gasteiger partial charge in [0, 0.05) is 6.54 Å². The highest BCUT2D eigenvalue weighted by atomic mass is 35.5. The molecule has 1 aliphatic rings. The Balaban J connectivity index is 2.63. The quantitative estimate of drug-likeness (QED) is 0.513. The summed E-state index contributed by atoms with van der Waals surface area (Å²) in [5.74, 6) is -0.837. The molecule has 5 nitrogen and oxygen atoms in total. The Kier molecular flexibility index (Phi) is 3.88. The van der Waals surface area contributed by atoms with Gasteiger partial charge >= 0.3 is 0 Å². The summed E-state index contributed by atoms with van der Waals surface area (Å²) >= 11 is 5.39. The molecular formula is C8H11ClN2O3. The van der Waals surface area contributed by atoms with Crippen molar-refractivity contribution in [3.8, 4) is 0 Å². The van der Waals surface area contributed by atoms with Crippen molar-refractivity contribution in [2.24, 2.45) is 0 Å². The molecule has 1 rings (SSSR count). The van der Waals surface area contributed by atoms with Gasteiger partial charge in [-0.15, -0.1) is 11.6 Å². The van der Waals surface area contributed by atoms with Gasteiger partial charge in [-0.3, -0.25) is 19.7 Å². The summed E-state index contributed by atoms with van der Waals surface area (Å²) in [6.07, 6.45) is 1.67. The molecule has 0 aromatic rings. The van der Waals surface area contributed by atoms with Crippen molar-refractivity contribution >= 4 is 29.8 Å². The second-order valence-electron chi connectivity index (χ2n) is 3.01. The van der Waals surface area contributed by atoms with Gasteiger partial charge in [-0.25, -0.2) is 0 Å². The average molecular weight is 219 g/mol. The van der Waals surface area contributed by atoms with Gasteiger partial charge in [-0.2, -0.15) is 0 Å². The van der Waals surface area contributed by atoms with E-state index >= 15 is 0 Å². The summed E-state index contributed by atoms with van der Waals surface area (Å²) in [4.78, 5) is 34.0. The second-order valence-corrected chi connectivity index (χ2v) is 3.27. The fraction of sp³-hybridized carbons (Fsp3) is 0.625. The summed E-state index contributed by atoms with van der Waals surface area (Å²) in [5.41, 5.74) is 0. The van der Waals surface area contributed by atoms with Gasteiger partial charge in [0.15, 0.2) is 0 Å². The molecule has 78 valence electrons. The highest BCUT2D eigenvalue weighted by Crippen LogP contribution is 2.17. The Morgan fingerprint density at radius 2 is 2.29 bits per heavy atom. The Morgan fingerprint density at radius 3 is 2.86 bits per heavy atom. The standard InChI is InChI=1S/C8H11ClN2O3/c9-4-7(13)11-3-1-2-6(11)8(14)10-5-12/h5-6H,1-4H2,(H,10,12,14)/t6-/m0/s1. The first-order valence-electron chi connectivity index (χ1n) is 4.30. The minimum atomic E-state index is -0.536. The van der Waals surface area contributed by atoms with Gasteiger partial charge in [-0.05, 0) is 12.8 Å². The van der Waals surface area contributed by atoms with Crippen molar-refractivity contribution in [1.82, 2.24) is 10.2 Å². The molecule has 0 saturated carbocycles. The van der Waals surface area contributed by atoms with Crippen molar-refractivity contribution in [2.75, 3.05) is 12.4 Å². The van der Waals surface area contributed by atoms with Gasteiger partial charge in [-0.1, -0.05) is 0 Å². The van der Waals surface area contributed by atoms with Gasteiger partial charge in [0.1, 0.15) is 11.9 Å². The van der Waals surface area contributed by atoms with E-state index in [2.05, 4.69) is 0 Å². The van der Waals surface area contributed by atoms with Crippen LogP contribution in [0.3, 0.4) is 0 Å². The van der Waals surface area contributed by atoms with E-state index in [1.165, 1.54) is 4.90 Å². The zero-order valence-electron chi connectivity index (χ0n) is 7.53. The van der Waals surface area contributed by atoms with Crippen LogP contribution < -0.4 is 5.32 Å². The van der Waals surface area contributed by atoms with Crippen molar-refractivity contribution < 1.29 is 14.4 Å². The van der Waals surface area contributed by atoms with E-state index in [1.807, 2.05) is 5.32 Å². The lowest BCUT2D eigenvalue weighted by Gasteiger charge is -2.21. The van der Waals surface area contributed by atoms with Crippen LogP contribution in [-0.4, -0.2) is 41.6 Å². The number of rotatable bonds is 3. The number of hydrogen-bond donors (Lipinski definition) is 1. The van der Waals surface area contributed by atoms with E-state index < -0.39 is 11.9 Å². The first kappa shape index (κ1) is 11.0. The van der Waals surface area contributed by atoms with Crippen molar-refractivity contribution in [2.45, 2.75) is 18.9 Å². The first-order valence-corrected chi connectivity index (χ1v) is 4.83. The molecule has 0 spiro atoms. The van der Waals surface area contributed by atoms with E-state index in [1.54, 1.807) is 0 Å². The lowest BCUT2D eigenvalue weighted by molar-refractivity contribution is -0.137. The van der Waals surface area contributed by atoms with Crippen LogP contribution in [-0.2, 0) is 14.4 Å². The number of imide groups is 1. The summed E-state index contributed by atoms with van der Waals surface area (Å²) < 4.78 is 0. The van der Waals surface area contributed by atoms with E-state index in [-0.39, 0.29) is 11.8 Å². The van der Waals surface area contributed by atoms with Crippen molar-refractivity contribution in [3.63, 3.8) is 0 Å². The Labute approximate surface area is 86.4 Å². The fourth-order valence-corrected chi connectivity index (χ4v) is 1.72. The maximum atomic E-state index is 11.3. The third-order valence-corrected chi connectivity index (χ3v) is 2.42. The van der Waals surface area contributed by atoms with Crippen LogP contribution in [0.4, 0.5) is 0 Å². The van der Waals surface area contributed by atoms with Gasteiger partial charge in [0.05, 0.1) is 0 Å². The number of likely N-dealkylation sites (tertiary alicyclic amines) is 1. The van der Waals surface area contributed by atoms with Gasteiger partial charge in [0.25, 0.3) is 0 Å². The van der Waals surface area contributed by atoms with E-state index in [0.29, 0.717) is 19.4 Å². The molecule has 1 heterocycles. The summed E-state index contributed by atoms with van der Waals surface area (Å²) in [5, 5.41) is 2.04. The van der Waals surface area contributed by atoms with E-state index in [0.717, 1.165) is 6.42 Å². The number of nitrogens with one attached hydrogen (secondary N) is 1. The Bertz CT molecular complexity index is 257. The number of alkyl halides is 1. The van der Waals surface area contributed by atoms with Gasteiger partial charge in [0.2, 0.25) is 18.2 Å². The molecule has 0 aromatic heterocycles. The number of carbonyl (C=O) groups excluding carboxylic acids is 3. The summed E-state index contributed by atoms with van der Waals surface area (Å²) in [6, 6.07) is -0.536. The lowest BCUT2D eigenvalue weighted by atomic mass is 10.2. The molecule has 1 fully saturated rings. The van der Waals surface area contributed by atoms with E-state index in [9.17, 15) is 14.4 Å². The molecule has 0 aliphatic carbocycles. The normalized spacial score (nSPS) is 20.6. The molecule has 1 N–H and O–H groups in total. The predicted octanol–water partition coefficient (Wildman–Crippen LogP) is -0.511. The lowest BCUT2D eigenvalue weighted by Crippen LogP contribution is -2.46. The van der Waals surface area contributed by atoms with Crippen LogP contribution in [0.2, 0.25) is 0 Å². The third-order valence-electron chi connectivity index (χ3n) is 2.19. The molecule has 3 amide bonds. The van der Waals surface area contributed by atoms with Crippen molar-refractivity contribution in [3.05, 3.63) is 0 Å². The predicted molar refractivity (Wildman–Crippen MR) is 49.7 cm³/mol. The Morgan fingerprint density at radius 1 is 1.57 bits per heavy atom. The van der Waals surface area contributed by atoms with Crippen molar-refractivity contribution in [1.29, 1.82) is 0 Å². The zero-order valence-corrected chi connectivity index (χ0v) is 8.29. The molecule has 1 atom stereocenters. The third kappa shape index (κ3) is 2.23. The first-order chi connectivity index (χ1) is 6.70. The average Bonchev–Trinajstić information content (AvgIpc) is 2.65. The van der Waals surface area contributed by atoms with E-state index in [4.69, 9.17) is 11.6 Å². The minimum Gasteiger partial charge on any atom is -0.330 e.